The van der Waals surface area contributed by atoms with E-state index < -0.39 is 5.54 Å². The van der Waals surface area contributed by atoms with Crippen molar-refractivity contribution in [1.82, 2.24) is 5.32 Å². The summed E-state index contributed by atoms with van der Waals surface area (Å²) in [6.45, 7) is 3.78. The van der Waals surface area contributed by atoms with Crippen LogP contribution in [0.1, 0.15) is 13.8 Å². The summed E-state index contributed by atoms with van der Waals surface area (Å²) in [6, 6.07) is 2.93. The van der Waals surface area contributed by atoms with E-state index in [1.807, 2.05) is 13.8 Å². The minimum absolute atomic E-state index is 0.179. The third kappa shape index (κ3) is 5.07. The zero-order chi connectivity index (χ0) is 14.6. The van der Waals surface area contributed by atoms with E-state index in [-0.39, 0.29) is 12.5 Å². The van der Waals surface area contributed by atoms with Crippen molar-refractivity contribution in [1.29, 1.82) is 0 Å². The highest BCUT2D eigenvalue weighted by Gasteiger charge is 2.18. The fourth-order valence-corrected chi connectivity index (χ4v) is 1.81. The van der Waals surface area contributed by atoms with Gasteiger partial charge in [0, 0.05) is 18.2 Å². The van der Waals surface area contributed by atoms with Crippen molar-refractivity contribution in [2.75, 3.05) is 13.2 Å². The van der Waals surface area contributed by atoms with Crippen LogP contribution in [0, 0.1) is 0 Å². The zero-order valence-corrected chi connectivity index (χ0v) is 12.9. The average molecular weight is 326 g/mol. The molecular weight excluding hydrogens is 311 g/mol. The number of nitrogens with one attached hydrogen (secondary N) is 1. The average Bonchev–Trinajstić information content (AvgIpc) is 2.31. The summed E-state index contributed by atoms with van der Waals surface area (Å²) in [5.74, 6) is 0.00867. The molecule has 7 heteroatoms. The minimum atomic E-state index is -0.484. The molecule has 1 aromatic carbocycles. The normalized spacial score (nSPS) is 11.3. The molecular formula is C12H15Cl3N2O2. The standard InChI is InChI=1S/C12H15Cl3N2O2/c1-12(2,6-16)17-11(18)5-19-10-4-8(14)7(13)3-9(10)15/h3-4H,5-6,16H2,1-2H3,(H,17,18). The second-order valence-corrected chi connectivity index (χ2v) is 5.84. The van der Waals surface area contributed by atoms with Gasteiger partial charge in [0.25, 0.3) is 5.91 Å². The summed E-state index contributed by atoms with van der Waals surface area (Å²) in [6.07, 6.45) is 0. The van der Waals surface area contributed by atoms with Crippen molar-refractivity contribution in [2.45, 2.75) is 19.4 Å². The van der Waals surface area contributed by atoms with E-state index in [1.165, 1.54) is 12.1 Å². The van der Waals surface area contributed by atoms with Crippen LogP contribution < -0.4 is 15.8 Å². The molecule has 0 heterocycles. The Morgan fingerprint density at radius 1 is 1.26 bits per heavy atom. The lowest BCUT2D eigenvalue weighted by Crippen LogP contribution is -2.50. The fraction of sp³-hybridized carbons (Fsp3) is 0.417. The lowest BCUT2D eigenvalue weighted by Gasteiger charge is -2.24. The predicted octanol–water partition coefficient (Wildman–Crippen LogP) is 2.88. The predicted molar refractivity (Wildman–Crippen MR) is 78.2 cm³/mol. The van der Waals surface area contributed by atoms with Crippen LogP contribution in [0.5, 0.6) is 5.75 Å². The van der Waals surface area contributed by atoms with Crippen LogP contribution in [0.4, 0.5) is 0 Å². The molecule has 0 unspecified atom stereocenters. The Kier molecular flexibility index (Phi) is 5.74. The van der Waals surface area contributed by atoms with E-state index in [2.05, 4.69) is 5.32 Å². The SMILES string of the molecule is CC(C)(CN)NC(=O)COc1cc(Cl)c(Cl)cc1Cl. The smallest absolute Gasteiger partial charge is 0.258 e. The van der Waals surface area contributed by atoms with Crippen LogP contribution in [0.15, 0.2) is 12.1 Å². The van der Waals surface area contributed by atoms with E-state index in [0.29, 0.717) is 27.4 Å². The lowest BCUT2D eigenvalue weighted by atomic mass is 10.1. The summed E-state index contributed by atoms with van der Waals surface area (Å²) in [5.41, 5.74) is 5.03. The summed E-state index contributed by atoms with van der Waals surface area (Å²) in [7, 11) is 0. The lowest BCUT2D eigenvalue weighted by molar-refractivity contribution is -0.124. The van der Waals surface area contributed by atoms with Gasteiger partial charge >= 0.3 is 0 Å². The number of ether oxygens (including phenoxy) is 1. The number of halogens is 3. The van der Waals surface area contributed by atoms with E-state index in [9.17, 15) is 4.79 Å². The molecule has 1 aromatic rings. The number of benzene rings is 1. The van der Waals surface area contributed by atoms with E-state index >= 15 is 0 Å². The third-order valence-corrected chi connectivity index (χ3v) is 3.34. The van der Waals surface area contributed by atoms with Crippen molar-refractivity contribution in [3.8, 4) is 5.75 Å². The van der Waals surface area contributed by atoms with Gasteiger partial charge in [-0.1, -0.05) is 34.8 Å². The Labute approximate surface area is 127 Å². The first-order valence-corrected chi connectivity index (χ1v) is 6.67. The summed E-state index contributed by atoms with van der Waals surface area (Å²) < 4.78 is 5.30. The van der Waals surface area contributed by atoms with Gasteiger partial charge < -0.3 is 15.8 Å². The van der Waals surface area contributed by atoms with Gasteiger partial charge in [-0.15, -0.1) is 0 Å². The summed E-state index contributed by atoms with van der Waals surface area (Å²) in [5, 5.41) is 3.66. The molecule has 0 aliphatic carbocycles. The highest BCUT2D eigenvalue weighted by atomic mass is 35.5. The number of hydrogen-bond donors (Lipinski definition) is 2. The van der Waals surface area contributed by atoms with Gasteiger partial charge in [0.15, 0.2) is 6.61 Å². The molecule has 0 fully saturated rings. The molecule has 0 aliphatic rings. The van der Waals surface area contributed by atoms with E-state index in [0.717, 1.165) is 0 Å². The maximum Gasteiger partial charge on any atom is 0.258 e. The molecule has 0 bridgehead atoms. The topological polar surface area (TPSA) is 64.3 Å². The van der Waals surface area contributed by atoms with E-state index in [1.54, 1.807) is 0 Å². The van der Waals surface area contributed by atoms with Gasteiger partial charge in [0.2, 0.25) is 0 Å². The first-order valence-electron chi connectivity index (χ1n) is 5.53. The van der Waals surface area contributed by atoms with Gasteiger partial charge in [-0.05, 0) is 19.9 Å². The van der Waals surface area contributed by atoms with E-state index in [4.69, 9.17) is 45.3 Å². The Hall–Kier alpha value is -0.680. The first kappa shape index (κ1) is 16.4. The molecule has 0 saturated heterocycles. The number of carbonyl (C=O) groups excluding carboxylic acids is 1. The quantitative estimate of drug-likeness (QED) is 0.818. The Bertz CT molecular complexity index is 478. The molecule has 1 amide bonds. The highest BCUT2D eigenvalue weighted by molar-refractivity contribution is 6.43. The third-order valence-electron chi connectivity index (χ3n) is 2.32. The van der Waals surface area contributed by atoms with Crippen LogP contribution in [0.25, 0.3) is 0 Å². The summed E-state index contributed by atoms with van der Waals surface area (Å²) >= 11 is 17.6. The molecule has 0 radical (unpaired) electrons. The minimum Gasteiger partial charge on any atom is -0.482 e. The molecule has 1 rings (SSSR count). The zero-order valence-electron chi connectivity index (χ0n) is 10.6. The maximum atomic E-state index is 11.7. The number of hydrogen-bond acceptors (Lipinski definition) is 3. The highest BCUT2D eigenvalue weighted by Crippen LogP contribution is 2.33. The monoisotopic (exact) mass is 324 g/mol. The molecule has 0 spiro atoms. The first-order chi connectivity index (χ1) is 8.75. The Morgan fingerprint density at radius 2 is 1.84 bits per heavy atom. The molecule has 19 heavy (non-hydrogen) atoms. The van der Waals surface area contributed by atoms with Crippen molar-refractivity contribution in [3.63, 3.8) is 0 Å². The van der Waals surface area contributed by atoms with Crippen LogP contribution in [0.3, 0.4) is 0 Å². The second kappa shape index (κ2) is 6.66. The molecule has 0 aliphatic heterocycles. The number of rotatable bonds is 5. The van der Waals surface area contributed by atoms with Gasteiger partial charge in [-0.3, -0.25) is 4.79 Å². The molecule has 4 nitrogen and oxygen atoms in total. The molecule has 106 valence electrons. The van der Waals surface area contributed by atoms with Gasteiger partial charge in [0.1, 0.15) is 5.75 Å². The molecule has 0 aromatic heterocycles. The summed E-state index contributed by atoms with van der Waals surface area (Å²) in [4.78, 5) is 11.7. The molecule has 0 atom stereocenters. The van der Waals surface area contributed by atoms with Crippen LogP contribution in [-0.2, 0) is 4.79 Å². The van der Waals surface area contributed by atoms with Crippen molar-refractivity contribution in [2.24, 2.45) is 5.73 Å². The largest absolute Gasteiger partial charge is 0.482 e. The second-order valence-electron chi connectivity index (χ2n) is 4.62. The Balaban J connectivity index is 2.63. The molecule has 0 saturated carbocycles. The number of amides is 1. The van der Waals surface area contributed by atoms with Crippen LogP contribution >= 0.6 is 34.8 Å². The van der Waals surface area contributed by atoms with Crippen molar-refractivity contribution >= 4 is 40.7 Å². The molecule has 3 N–H and O–H groups in total. The van der Waals surface area contributed by atoms with Crippen LogP contribution in [0.2, 0.25) is 15.1 Å². The number of carbonyl (C=O) groups is 1. The van der Waals surface area contributed by atoms with Gasteiger partial charge in [-0.2, -0.15) is 0 Å². The maximum absolute atomic E-state index is 11.7. The van der Waals surface area contributed by atoms with Crippen molar-refractivity contribution < 1.29 is 9.53 Å². The van der Waals surface area contributed by atoms with Gasteiger partial charge in [0.05, 0.1) is 15.1 Å². The van der Waals surface area contributed by atoms with Crippen molar-refractivity contribution in [3.05, 3.63) is 27.2 Å². The number of nitrogens with two attached hydrogens (primary N) is 1. The van der Waals surface area contributed by atoms with Gasteiger partial charge in [-0.25, -0.2) is 0 Å². The Morgan fingerprint density at radius 3 is 2.42 bits per heavy atom. The fourth-order valence-electron chi connectivity index (χ4n) is 1.22. The van der Waals surface area contributed by atoms with Crippen LogP contribution in [-0.4, -0.2) is 24.6 Å².